The summed E-state index contributed by atoms with van der Waals surface area (Å²) in [6.07, 6.45) is 0. The van der Waals surface area contributed by atoms with E-state index in [0.29, 0.717) is 22.4 Å². The smallest absolute Gasteiger partial charge is 0.269 e. The summed E-state index contributed by atoms with van der Waals surface area (Å²) in [6.45, 7) is 1.81. The van der Waals surface area contributed by atoms with E-state index in [0.717, 1.165) is 11.3 Å². The van der Waals surface area contributed by atoms with Crippen LogP contribution in [0.4, 0.5) is 11.6 Å². The number of amides is 1. The highest BCUT2D eigenvalue weighted by atomic mass is 35.5. The van der Waals surface area contributed by atoms with Gasteiger partial charge in [-0.1, -0.05) is 28.8 Å². The van der Waals surface area contributed by atoms with Crippen molar-refractivity contribution in [3.05, 3.63) is 59.1 Å². The molecule has 1 aliphatic rings. The van der Waals surface area contributed by atoms with Crippen LogP contribution in [0.25, 0.3) is 0 Å². The summed E-state index contributed by atoms with van der Waals surface area (Å²) < 4.78 is 6.80. The number of hydrogen-bond donors (Lipinski definition) is 1. The molecule has 142 valence electrons. The van der Waals surface area contributed by atoms with Gasteiger partial charge >= 0.3 is 0 Å². The second-order valence-corrected chi connectivity index (χ2v) is 6.80. The highest BCUT2D eigenvalue weighted by Gasteiger charge is 2.39. The standard InChI is InChI=1S/C19H17ClN6O2/c1-11-16(18(27)22-14-7-5-13(20)6-8-14)17(26-19(21-11)23-24-25-26)12-3-9-15(28-2)10-4-12/h3-10,16-17H,1-2H3,(H,22,27). The van der Waals surface area contributed by atoms with Crippen LogP contribution in [0, 0.1) is 5.92 Å². The molecule has 0 fully saturated rings. The number of carbonyl (C=O) groups excluding carboxylic acids is 1. The monoisotopic (exact) mass is 396 g/mol. The van der Waals surface area contributed by atoms with Gasteiger partial charge in [0.25, 0.3) is 5.95 Å². The number of fused-ring (bicyclic) bond motifs is 1. The van der Waals surface area contributed by atoms with Gasteiger partial charge in [-0.2, -0.15) is 0 Å². The lowest BCUT2D eigenvalue weighted by molar-refractivity contribution is -0.118. The lowest BCUT2D eigenvalue weighted by Crippen LogP contribution is -2.39. The minimum absolute atomic E-state index is 0.203. The van der Waals surface area contributed by atoms with Gasteiger partial charge in [0.15, 0.2) is 0 Å². The second-order valence-electron chi connectivity index (χ2n) is 6.37. The number of aliphatic imine (C=N–C) groups is 1. The molecular weight excluding hydrogens is 380 g/mol. The van der Waals surface area contributed by atoms with Gasteiger partial charge in [-0.05, 0) is 59.3 Å². The van der Waals surface area contributed by atoms with Crippen molar-refractivity contribution in [3.63, 3.8) is 0 Å². The number of hydrogen-bond acceptors (Lipinski definition) is 6. The molecule has 0 saturated heterocycles. The predicted molar refractivity (Wildman–Crippen MR) is 105 cm³/mol. The minimum atomic E-state index is -0.583. The lowest BCUT2D eigenvalue weighted by Gasteiger charge is -2.29. The van der Waals surface area contributed by atoms with Crippen LogP contribution >= 0.6 is 11.6 Å². The van der Waals surface area contributed by atoms with Gasteiger partial charge in [-0.15, -0.1) is 0 Å². The quantitative estimate of drug-likeness (QED) is 0.730. The first-order valence-electron chi connectivity index (χ1n) is 8.60. The molecule has 0 aliphatic carbocycles. The van der Waals surface area contributed by atoms with E-state index < -0.39 is 12.0 Å². The maximum atomic E-state index is 13.2. The zero-order valence-electron chi connectivity index (χ0n) is 15.2. The predicted octanol–water partition coefficient (Wildman–Crippen LogP) is 3.29. The number of ether oxygens (including phenoxy) is 1. The fourth-order valence-electron chi connectivity index (χ4n) is 3.26. The number of anilines is 1. The van der Waals surface area contributed by atoms with Gasteiger partial charge in [0.1, 0.15) is 11.7 Å². The third-order valence-corrected chi connectivity index (χ3v) is 4.88. The number of benzene rings is 2. The maximum Gasteiger partial charge on any atom is 0.269 e. The molecule has 2 heterocycles. The van der Waals surface area contributed by atoms with Gasteiger partial charge in [0, 0.05) is 16.4 Å². The van der Waals surface area contributed by atoms with Gasteiger partial charge < -0.3 is 10.1 Å². The number of methoxy groups -OCH3 is 1. The van der Waals surface area contributed by atoms with Crippen LogP contribution in [0.5, 0.6) is 5.75 Å². The van der Waals surface area contributed by atoms with Crippen LogP contribution < -0.4 is 10.1 Å². The topological polar surface area (TPSA) is 94.3 Å². The molecular formula is C19H17ClN6O2. The van der Waals surface area contributed by atoms with Gasteiger partial charge in [-0.25, -0.2) is 9.67 Å². The first-order chi connectivity index (χ1) is 13.6. The van der Waals surface area contributed by atoms with Crippen LogP contribution in [0.15, 0.2) is 53.5 Å². The molecule has 1 aromatic heterocycles. The molecule has 3 aromatic rings. The van der Waals surface area contributed by atoms with Crippen molar-refractivity contribution in [1.29, 1.82) is 0 Å². The molecule has 8 nitrogen and oxygen atoms in total. The Balaban J connectivity index is 1.71. The number of halogens is 1. The zero-order chi connectivity index (χ0) is 19.7. The fraction of sp³-hybridized carbons (Fsp3) is 0.211. The molecule has 1 N–H and O–H groups in total. The van der Waals surface area contributed by atoms with E-state index >= 15 is 0 Å². The molecule has 1 aliphatic heterocycles. The highest BCUT2D eigenvalue weighted by Crippen LogP contribution is 2.35. The number of nitrogens with one attached hydrogen (secondary N) is 1. The average molecular weight is 397 g/mol. The Labute approximate surface area is 166 Å². The van der Waals surface area contributed by atoms with Crippen molar-refractivity contribution in [2.24, 2.45) is 10.9 Å². The number of tetrazole rings is 1. The molecule has 0 spiro atoms. The molecule has 28 heavy (non-hydrogen) atoms. The number of carbonyl (C=O) groups is 1. The Morgan fingerprint density at radius 2 is 1.86 bits per heavy atom. The van der Waals surface area contributed by atoms with Crippen molar-refractivity contribution in [2.75, 3.05) is 12.4 Å². The Kier molecular flexibility index (Phi) is 4.79. The SMILES string of the molecule is COc1ccc(C2C(C(=O)Nc3ccc(Cl)cc3)C(C)=Nc3nnnn32)cc1. The van der Waals surface area contributed by atoms with E-state index in [1.165, 1.54) is 0 Å². The van der Waals surface area contributed by atoms with E-state index in [1.807, 2.05) is 24.3 Å². The summed E-state index contributed by atoms with van der Waals surface area (Å²) in [5.41, 5.74) is 2.16. The second kappa shape index (κ2) is 7.40. The van der Waals surface area contributed by atoms with Gasteiger partial charge in [0.2, 0.25) is 5.91 Å². The summed E-state index contributed by atoms with van der Waals surface area (Å²) in [7, 11) is 1.61. The number of aromatic nitrogens is 4. The molecule has 2 atom stereocenters. The van der Waals surface area contributed by atoms with E-state index in [4.69, 9.17) is 16.3 Å². The lowest BCUT2D eigenvalue weighted by atomic mass is 9.87. The highest BCUT2D eigenvalue weighted by molar-refractivity contribution is 6.30. The Morgan fingerprint density at radius 3 is 2.54 bits per heavy atom. The fourth-order valence-corrected chi connectivity index (χ4v) is 3.39. The minimum Gasteiger partial charge on any atom is -0.497 e. The van der Waals surface area contributed by atoms with Crippen molar-refractivity contribution in [2.45, 2.75) is 13.0 Å². The van der Waals surface area contributed by atoms with Crippen molar-refractivity contribution in [1.82, 2.24) is 20.2 Å². The van der Waals surface area contributed by atoms with Crippen LogP contribution in [0.1, 0.15) is 18.5 Å². The molecule has 2 unspecified atom stereocenters. The zero-order valence-corrected chi connectivity index (χ0v) is 16.0. The van der Waals surface area contributed by atoms with E-state index in [9.17, 15) is 4.79 Å². The van der Waals surface area contributed by atoms with E-state index in [2.05, 4.69) is 25.8 Å². The van der Waals surface area contributed by atoms with Gasteiger partial charge in [-0.3, -0.25) is 4.79 Å². The van der Waals surface area contributed by atoms with Crippen LogP contribution in [-0.4, -0.2) is 38.9 Å². The molecule has 1 amide bonds. The van der Waals surface area contributed by atoms with Crippen molar-refractivity contribution in [3.8, 4) is 5.75 Å². The molecule has 4 rings (SSSR count). The Bertz CT molecular complexity index is 1030. The maximum absolute atomic E-state index is 13.2. The molecule has 0 saturated carbocycles. The van der Waals surface area contributed by atoms with Crippen molar-refractivity contribution < 1.29 is 9.53 Å². The largest absolute Gasteiger partial charge is 0.497 e. The normalized spacial score (nSPS) is 18.2. The van der Waals surface area contributed by atoms with Crippen LogP contribution in [0.3, 0.4) is 0 Å². The summed E-state index contributed by atoms with van der Waals surface area (Å²) in [5, 5.41) is 15.3. The average Bonchev–Trinajstić information content (AvgIpc) is 3.16. The van der Waals surface area contributed by atoms with Gasteiger partial charge in [0.05, 0.1) is 13.2 Å². The third-order valence-electron chi connectivity index (χ3n) is 4.63. The van der Waals surface area contributed by atoms with Crippen molar-refractivity contribution >= 4 is 34.9 Å². The Hall–Kier alpha value is -3.26. The first-order valence-corrected chi connectivity index (χ1v) is 8.98. The van der Waals surface area contributed by atoms with Crippen LogP contribution in [0.2, 0.25) is 5.02 Å². The molecule has 2 aromatic carbocycles. The van der Waals surface area contributed by atoms with E-state index in [-0.39, 0.29) is 5.91 Å². The number of nitrogens with zero attached hydrogens (tertiary/aromatic N) is 5. The van der Waals surface area contributed by atoms with Crippen LogP contribution in [-0.2, 0) is 4.79 Å². The third kappa shape index (κ3) is 3.34. The molecule has 0 radical (unpaired) electrons. The molecule has 0 bridgehead atoms. The first kappa shape index (κ1) is 18.1. The summed E-state index contributed by atoms with van der Waals surface area (Å²) in [6, 6.07) is 14.0. The summed E-state index contributed by atoms with van der Waals surface area (Å²) in [4.78, 5) is 17.6. The number of rotatable bonds is 4. The molecule has 9 heteroatoms. The summed E-state index contributed by atoms with van der Waals surface area (Å²) in [5.74, 6) is 0.309. The Morgan fingerprint density at radius 1 is 1.14 bits per heavy atom. The summed E-state index contributed by atoms with van der Waals surface area (Å²) >= 11 is 5.92. The van der Waals surface area contributed by atoms with E-state index in [1.54, 1.807) is 43.0 Å².